The predicted molar refractivity (Wildman–Crippen MR) is 84.1 cm³/mol. The third-order valence-electron chi connectivity index (χ3n) is 2.95. The van der Waals surface area contributed by atoms with Gasteiger partial charge in [0.1, 0.15) is 11.6 Å². The Labute approximate surface area is 127 Å². The SMILES string of the molecule is CNCCc1nc(C)cc(-c2ccc(OC)c(Br)c2)n1. The van der Waals surface area contributed by atoms with Crippen LogP contribution in [0.15, 0.2) is 28.7 Å². The Balaban J connectivity index is 2.36. The Bertz CT molecular complexity index is 602. The van der Waals surface area contributed by atoms with Crippen LogP contribution >= 0.6 is 15.9 Å². The van der Waals surface area contributed by atoms with Crippen molar-refractivity contribution < 1.29 is 4.74 Å². The third kappa shape index (κ3) is 3.55. The number of ether oxygens (including phenoxy) is 1. The van der Waals surface area contributed by atoms with Gasteiger partial charge in [-0.05, 0) is 54.2 Å². The molecule has 0 atom stereocenters. The number of benzene rings is 1. The first-order chi connectivity index (χ1) is 9.63. The molecule has 0 bridgehead atoms. The number of nitrogens with one attached hydrogen (secondary N) is 1. The van der Waals surface area contributed by atoms with E-state index in [-0.39, 0.29) is 0 Å². The molecule has 0 aliphatic carbocycles. The van der Waals surface area contributed by atoms with E-state index in [1.165, 1.54) is 0 Å². The molecule has 1 N–H and O–H groups in total. The van der Waals surface area contributed by atoms with E-state index >= 15 is 0 Å². The Morgan fingerprint density at radius 1 is 1.25 bits per heavy atom. The van der Waals surface area contributed by atoms with Crippen LogP contribution in [0.25, 0.3) is 11.3 Å². The molecule has 0 saturated heterocycles. The molecule has 0 spiro atoms. The third-order valence-corrected chi connectivity index (χ3v) is 3.57. The number of aromatic nitrogens is 2. The summed E-state index contributed by atoms with van der Waals surface area (Å²) in [6, 6.07) is 7.96. The zero-order valence-electron chi connectivity index (χ0n) is 11.9. The summed E-state index contributed by atoms with van der Waals surface area (Å²) in [6.07, 6.45) is 0.822. The van der Waals surface area contributed by atoms with E-state index in [2.05, 4.69) is 31.2 Å². The molecule has 2 rings (SSSR count). The van der Waals surface area contributed by atoms with Gasteiger partial charge >= 0.3 is 0 Å². The van der Waals surface area contributed by atoms with Crippen LogP contribution in [0.2, 0.25) is 0 Å². The quantitative estimate of drug-likeness (QED) is 0.912. The number of aryl methyl sites for hydroxylation is 1. The van der Waals surface area contributed by atoms with E-state index in [9.17, 15) is 0 Å². The number of nitrogens with zero attached hydrogens (tertiary/aromatic N) is 2. The lowest BCUT2D eigenvalue weighted by Crippen LogP contribution is -2.12. The molecule has 1 heterocycles. The predicted octanol–water partition coefficient (Wildman–Crippen LogP) is 2.99. The van der Waals surface area contributed by atoms with E-state index in [1.807, 2.05) is 38.2 Å². The lowest BCUT2D eigenvalue weighted by Gasteiger charge is -2.08. The summed E-state index contributed by atoms with van der Waals surface area (Å²) in [7, 11) is 3.59. The number of hydrogen-bond donors (Lipinski definition) is 1. The van der Waals surface area contributed by atoms with Crippen LogP contribution < -0.4 is 10.1 Å². The summed E-state index contributed by atoms with van der Waals surface area (Å²) >= 11 is 3.51. The number of halogens is 1. The van der Waals surface area contributed by atoms with Gasteiger partial charge in [-0.2, -0.15) is 0 Å². The standard InChI is InChI=1S/C15H18BrN3O/c1-10-8-13(19-15(18-10)6-7-17-2)11-4-5-14(20-3)12(16)9-11/h4-5,8-9,17H,6-7H2,1-3H3. The highest BCUT2D eigenvalue weighted by atomic mass is 79.9. The molecule has 20 heavy (non-hydrogen) atoms. The van der Waals surface area contributed by atoms with Gasteiger partial charge in [-0.15, -0.1) is 0 Å². The summed E-state index contributed by atoms with van der Waals surface area (Å²) in [4.78, 5) is 9.09. The molecule has 106 valence electrons. The molecular formula is C15H18BrN3O. The highest BCUT2D eigenvalue weighted by molar-refractivity contribution is 9.10. The maximum Gasteiger partial charge on any atom is 0.133 e. The van der Waals surface area contributed by atoms with Crippen molar-refractivity contribution in [1.29, 1.82) is 0 Å². The van der Waals surface area contributed by atoms with Gasteiger partial charge in [0.2, 0.25) is 0 Å². The fraction of sp³-hybridized carbons (Fsp3) is 0.333. The van der Waals surface area contributed by atoms with Gasteiger partial charge in [-0.1, -0.05) is 0 Å². The zero-order valence-corrected chi connectivity index (χ0v) is 13.5. The summed E-state index contributed by atoms with van der Waals surface area (Å²) in [6.45, 7) is 2.86. The molecule has 5 heteroatoms. The summed E-state index contributed by atoms with van der Waals surface area (Å²) < 4.78 is 6.17. The van der Waals surface area contributed by atoms with Gasteiger partial charge in [0.05, 0.1) is 17.3 Å². The van der Waals surface area contributed by atoms with Crippen molar-refractivity contribution in [2.75, 3.05) is 20.7 Å². The molecule has 1 aromatic carbocycles. The van der Waals surface area contributed by atoms with Crippen LogP contribution in [0.5, 0.6) is 5.75 Å². The van der Waals surface area contributed by atoms with Crippen molar-refractivity contribution >= 4 is 15.9 Å². The van der Waals surface area contributed by atoms with Gasteiger partial charge in [0, 0.05) is 24.2 Å². The molecular weight excluding hydrogens is 318 g/mol. The van der Waals surface area contributed by atoms with Crippen LogP contribution in [0.1, 0.15) is 11.5 Å². The average Bonchev–Trinajstić information content (AvgIpc) is 2.44. The molecule has 0 fully saturated rings. The number of methoxy groups -OCH3 is 1. The van der Waals surface area contributed by atoms with Crippen molar-refractivity contribution in [1.82, 2.24) is 15.3 Å². The minimum absolute atomic E-state index is 0.815. The largest absolute Gasteiger partial charge is 0.496 e. The molecule has 4 nitrogen and oxygen atoms in total. The highest BCUT2D eigenvalue weighted by Gasteiger charge is 2.07. The molecule has 0 saturated carbocycles. The van der Waals surface area contributed by atoms with Gasteiger partial charge in [0.15, 0.2) is 0 Å². The lowest BCUT2D eigenvalue weighted by molar-refractivity contribution is 0.412. The van der Waals surface area contributed by atoms with Crippen molar-refractivity contribution in [3.05, 3.63) is 40.3 Å². The maximum atomic E-state index is 5.25. The minimum atomic E-state index is 0.815. The van der Waals surface area contributed by atoms with E-state index in [0.717, 1.165) is 46.0 Å². The number of hydrogen-bond acceptors (Lipinski definition) is 4. The van der Waals surface area contributed by atoms with Crippen molar-refractivity contribution in [2.24, 2.45) is 0 Å². The fourth-order valence-electron chi connectivity index (χ4n) is 1.95. The molecule has 0 aliphatic rings. The number of likely N-dealkylation sites (N-methyl/N-ethyl adjacent to an activating group) is 1. The minimum Gasteiger partial charge on any atom is -0.496 e. The maximum absolute atomic E-state index is 5.25. The molecule has 1 aromatic heterocycles. The van der Waals surface area contributed by atoms with Crippen LogP contribution in [-0.2, 0) is 6.42 Å². The van der Waals surface area contributed by atoms with Crippen molar-refractivity contribution in [2.45, 2.75) is 13.3 Å². The van der Waals surface area contributed by atoms with E-state index < -0.39 is 0 Å². The molecule has 0 aliphatic heterocycles. The Morgan fingerprint density at radius 2 is 2.05 bits per heavy atom. The van der Waals surface area contributed by atoms with Crippen molar-refractivity contribution in [3.63, 3.8) is 0 Å². The second-order valence-corrected chi connectivity index (χ2v) is 5.37. The van der Waals surface area contributed by atoms with Crippen LogP contribution in [0, 0.1) is 6.92 Å². The smallest absolute Gasteiger partial charge is 0.133 e. The Kier molecular flexibility index (Phi) is 5.09. The summed E-state index contributed by atoms with van der Waals surface area (Å²) in [5.41, 5.74) is 2.97. The van der Waals surface area contributed by atoms with E-state index in [4.69, 9.17) is 4.74 Å². The molecule has 0 amide bonds. The zero-order chi connectivity index (χ0) is 14.5. The van der Waals surface area contributed by atoms with Crippen LogP contribution in [0.4, 0.5) is 0 Å². The van der Waals surface area contributed by atoms with Gasteiger partial charge in [0.25, 0.3) is 0 Å². The molecule has 2 aromatic rings. The topological polar surface area (TPSA) is 47.0 Å². The van der Waals surface area contributed by atoms with Crippen molar-refractivity contribution in [3.8, 4) is 17.0 Å². The van der Waals surface area contributed by atoms with Crippen LogP contribution in [-0.4, -0.2) is 30.7 Å². The van der Waals surface area contributed by atoms with E-state index in [1.54, 1.807) is 7.11 Å². The summed E-state index contributed by atoms with van der Waals surface area (Å²) in [5, 5.41) is 3.12. The monoisotopic (exact) mass is 335 g/mol. The van der Waals surface area contributed by atoms with Gasteiger partial charge in [-0.3, -0.25) is 0 Å². The lowest BCUT2D eigenvalue weighted by atomic mass is 10.1. The number of rotatable bonds is 5. The second kappa shape index (κ2) is 6.81. The van der Waals surface area contributed by atoms with E-state index in [0.29, 0.717) is 0 Å². The average molecular weight is 336 g/mol. The fourth-order valence-corrected chi connectivity index (χ4v) is 2.49. The first kappa shape index (κ1) is 14.9. The summed E-state index contributed by atoms with van der Waals surface area (Å²) in [5.74, 6) is 1.68. The normalized spacial score (nSPS) is 10.6. The molecule has 0 unspecified atom stereocenters. The second-order valence-electron chi connectivity index (χ2n) is 4.51. The molecule has 0 radical (unpaired) electrons. The Morgan fingerprint density at radius 3 is 2.70 bits per heavy atom. The first-order valence-electron chi connectivity index (χ1n) is 6.47. The van der Waals surface area contributed by atoms with Crippen LogP contribution in [0.3, 0.4) is 0 Å². The van der Waals surface area contributed by atoms with Gasteiger partial charge in [-0.25, -0.2) is 9.97 Å². The Hall–Kier alpha value is -1.46. The van der Waals surface area contributed by atoms with Gasteiger partial charge < -0.3 is 10.1 Å². The first-order valence-corrected chi connectivity index (χ1v) is 7.26. The highest BCUT2D eigenvalue weighted by Crippen LogP contribution is 2.29.